The van der Waals surface area contributed by atoms with Gasteiger partial charge in [0, 0.05) is 18.6 Å². The van der Waals surface area contributed by atoms with E-state index in [4.69, 9.17) is 5.73 Å². The topological polar surface area (TPSA) is 85.3 Å². The van der Waals surface area contributed by atoms with Gasteiger partial charge in [-0.25, -0.2) is 4.98 Å². The van der Waals surface area contributed by atoms with E-state index in [-0.39, 0.29) is 22.7 Å². The molecule has 2 atom stereocenters. The number of benzene rings is 1. The zero-order valence-corrected chi connectivity index (χ0v) is 12.0. The fourth-order valence-electron chi connectivity index (χ4n) is 2.88. The third kappa shape index (κ3) is 2.12. The van der Waals surface area contributed by atoms with E-state index < -0.39 is 0 Å². The number of nitrogens with zero attached hydrogens (tertiary/aromatic N) is 3. The molecule has 2 aromatic rings. The molecule has 1 saturated heterocycles. The maximum atomic E-state index is 11.5. The molecule has 2 heterocycles. The van der Waals surface area contributed by atoms with Crippen LogP contribution in [0, 0.1) is 10.1 Å². The second-order valence-electron chi connectivity index (χ2n) is 5.22. The maximum absolute atomic E-state index is 11.5. The molecule has 0 radical (unpaired) electrons. The highest BCUT2D eigenvalue weighted by Gasteiger charge is 2.30. The lowest BCUT2D eigenvalue weighted by molar-refractivity contribution is -0.382. The van der Waals surface area contributed by atoms with Crippen molar-refractivity contribution in [2.75, 3.05) is 11.4 Å². The molecule has 106 valence electrons. The Morgan fingerprint density at radius 2 is 2.35 bits per heavy atom. The zero-order valence-electron chi connectivity index (χ0n) is 11.2. The van der Waals surface area contributed by atoms with Gasteiger partial charge in [-0.05, 0) is 31.9 Å². The molecule has 3 rings (SSSR count). The third-order valence-electron chi connectivity index (χ3n) is 3.86. The Morgan fingerprint density at radius 3 is 3.05 bits per heavy atom. The van der Waals surface area contributed by atoms with Gasteiger partial charge in [0.15, 0.2) is 5.52 Å². The van der Waals surface area contributed by atoms with Crippen LogP contribution in [0.4, 0.5) is 11.4 Å². The van der Waals surface area contributed by atoms with E-state index in [9.17, 15) is 10.1 Å². The van der Waals surface area contributed by atoms with Crippen molar-refractivity contribution in [1.29, 1.82) is 0 Å². The Balaban J connectivity index is 2.11. The van der Waals surface area contributed by atoms with Gasteiger partial charge in [-0.1, -0.05) is 0 Å². The molecule has 1 aromatic heterocycles. The van der Waals surface area contributed by atoms with Crippen LogP contribution in [-0.2, 0) is 0 Å². The Kier molecular flexibility index (Phi) is 3.31. The van der Waals surface area contributed by atoms with E-state index in [2.05, 4.69) is 16.8 Å². The standard InChI is InChI=1S/C13H16N4O2S/c1-8-6-9(14)4-5-16(8)10-2-3-11-12(15-7-20-11)13(10)17(18)19/h2-3,7-9H,4-6,14H2,1H3. The molecular formula is C13H16N4O2S. The average Bonchev–Trinajstić information content (AvgIpc) is 2.85. The van der Waals surface area contributed by atoms with E-state index in [1.807, 2.05) is 12.1 Å². The number of hydrogen-bond acceptors (Lipinski definition) is 6. The summed E-state index contributed by atoms with van der Waals surface area (Å²) in [6, 6.07) is 4.14. The number of aromatic nitrogens is 1. The molecule has 0 spiro atoms. The van der Waals surface area contributed by atoms with Crippen molar-refractivity contribution in [1.82, 2.24) is 4.98 Å². The first kappa shape index (κ1) is 13.3. The van der Waals surface area contributed by atoms with Crippen molar-refractivity contribution in [3.8, 4) is 0 Å². The fraction of sp³-hybridized carbons (Fsp3) is 0.462. The maximum Gasteiger partial charge on any atom is 0.319 e. The fourth-order valence-corrected chi connectivity index (χ4v) is 3.56. The van der Waals surface area contributed by atoms with Crippen molar-refractivity contribution in [2.45, 2.75) is 31.8 Å². The molecule has 2 unspecified atom stereocenters. The summed E-state index contributed by atoms with van der Waals surface area (Å²) in [6.07, 6.45) is 1.71. The number of anilines is 1. The quantitative estimate of drug-likeness (QED) is 0.679. The van der Waals surface area contributed by atoms with Gasteiger partial charge in [0.2, 0.25) is 0 Å². The van der Waals surface area contributed by atoms with Gasteiger partial charge in [-0.15, -0.1) is 11.3 Å². The molecule has 20 heavy (non-hydrogen) atoms. The second kappa shape index (κ2) is 4.99. The number of fused-ring (bicyclic) bond motifs is 1. The Labute approximate surface area is 120 Å². The van der Waals surface area contributed by atoms with Crippen molar-refractivity contribution in [2.24, 2.45) is 5.73 Å². The van der Waals surface area contributed by atoms with E-state index in [0.717, 1.165) is 24.1 Å². The molecule has 1 aliphatic heterocycles. The Bertz CT molecular complexity index is 657. The van der Waals surface area contributed by atoms with Crippen LogP contribution in [0.3, 0.4) is 0 Å². The van der Waals surface area contributed by atoms with Gasteiger partial charge < -0.3 is 10.6 Å². The highest BCUT2D eigenvalue weighted by Crippen LogP contribution is 2.38. The molecule has 0 bridgehead atoms. The summed E-state index contributed by atoms with van der Waals surface area (Å²) in [5.41, 5.74) is 8.88. The lowest BCUT2D eigenvalue weighted by Gasteiger charge is -2.37. The van der Waals surface area contributed by atoms with Gasteiger partial charge in [0.25, 0.3) is 0 Å². The minimum atomic E-state index is -0.321. The van der Waals surface area contributed by atoms with Gasteiger partial charge in [0.1, 0.15) is 5.69 Å². The van der Waals surface area contributed by atoms with E-state index in [0.29, 0.717) is 11.2 Å². The summed E-state index contributed by atoms with van der Waals surface area (Å²) >= 11 is 1.42. The predicted octanol–water partition coefficient (Wildman–Crippen LogP) is 2.52. The molecule has 0 amide bonds. The summed E-state index contributed by atoms with van der Waals surface area (Å²) in [5, 5.41) is 11.5. The number of rotatable bonds is 2. The van der Waals surface area contributed by atoms with Crippen LogP contribution in [0.1, 0.15) is 19.8 Å². The summed E-state index contributed by atoms with van der Waals surface area (Å²) in [7, 11) is 0. The Hall–Kier alpha value is -1.73. The summed E-state index contributed by atoms with van der Waals surface area (Å²) in [4.78, 5) is 17.4. The Morgan fingerprint density at radius 1 is 1.55 bits per heavy atom. The van der Waals surface area contributed by atoms with Crippen LogP contribution in [0.25, 0.3) is 10.2 Å². The first-order valence-corrected chi connectivity index (χ1v) is 7.48. The molecule has 1 aromatic carbocycles. The number of nitrogens with two attached hydrogens (primary N) is 1. The largest absolute Gasteiger partial charge is 0.363 e. The van der Waals surface area contributed by atoms with Crippen LogP contribution in [-0.4, -0.2) is 28.5 Å². The van der Waals surface area contributed by atoms with Crippen LogP contribution in [0.15, 0.2) is 17.6 Å². The normalized spacial score (nSPS) is 23.2. The third-order valence-corrected chi connectivity index (χ3v) is 4.66. The van der Waals surface area contributed by atoms with Gasteiger partial charge in [-0.2, -0.15) is 0 Å². The van der Waals surface area contributed by atoms with Crippen LogP contribution >= 0.6 is 11.3 Å². The van der Waals surface area contributed by atoms with Crippen molar-refractivity contribution in [3.63, 3.8) is 0 Å². The minimum absolute atomic E-state index is 0.117. The highest BCUT2D eigenvalue weighted by molar-refractivity contribution is 7.16. The second-order valence-corrected chi connectivity index (χ2v) is 6.10. The first-order valence-electron chi connectivity index (χ1n) is 6.60. The van der Waals surface area contributed by atoms with Crippen molar-refractivity contribution < 1.29 is 4.92 Å². The van der Waals surface area contributed by atoms with E-state index in [1.54, 1.807) is 5.51 Å². The van der Waals surface area contributed by atoms with Crippen LogP contribution in [0.5, 0.6) is 0 Å². The molecule has 0 aliphatic carbocycles. The van der Waals surface area contributed by atoms with Gasteiger partial charge in [0.05, 0.1) is 15.1 Å². The van der Waals surface area contributed by atoms with Crippen LogP contribution in [0.2, 0.25) is 0 Å². The monoisotopic (exact) mass is 292 g/mol. The predicted molar refractivity (Wildman–Crippen MR) is 80.3 cm³/mol. The number of nitro groups is 1. The number of piperidine rings is 1. The van der Waals surface area contributed by atoms with Gasteiger partial charge in [-0.3, -0.25) is 10.1 Å². The number of hydrogen-bond donors (Lipinski definition) is 1. The summed E-state index contributed by atoms with van der Waals surface area (Å²) in [6.45, 7) is 2.81. The summed E-state index contributed by atoms with van der Waals surface area (Å²) in [5.74, 6) is 0. The molecule has 7 heteroatoms. The van der Waals surface area contributed by atoms with Gasteiger partial charge >= 0.3 is 5.69 Å². The SMILES string of the molecule is CC1CC(N)CCN1c1ccc2scnc2c1[N+](=O)[O-]. The summed E-state index contributed by atoms with van der Waals surface area (Å²) < 4.78 is 0.849. The molecule has 6 nitrogen and oxygen atoms in total. The van der Waals surface area contributed by atoms with E-state index >= 15 is 0 Å². The van der Waals surface area contributed by atoms with E-state index in [1.165, 1.54) is 11.3 Å². The van der Waals surface area contributed by atoms with Crippen molar-refractivity contribution in [3.05, 3.63) is 27.8 Å². The zero-order chi connectivity index (χ0) is 14.3. The van der Waals surface area contributed by atoms with Crippen LogP contribution < -0.4 is 10.6 Å². The number of thiazole rings is 1. The molecule has 1 aliphatic rings. The first-order chi connectivity index (χ1) is 9.58. The average molecular weight is 292 g/mol. The molecule has 2 N–H and O–H groups in total. The number of nitro benzene ring substituents is 1. The minimum Gasteiger partial charge on any atom is -0.363 e. The lowest BCUT2D eigenvalue weighted by atomic mass is 9.98. The lowest BCUT2D eigenvalue weighted by Crippen LogP contribution is -2.45. The molecule has 1 fully saturated rings. The molecular weight excluding hydrogens is 276 g/mol. The molecule has 0 saturated carbocycles. The smallest absolute Gasteiger partial charge is 0.319 e. The highest BCUT2D eigenvalue weighted by atomic mass is 32.1. The van der Waals surface area contributed by atoms with Crippen molar-refractivity contribution >= 4 is 32.9 Å².